The van der Waals surface area contributed by atoms with Gasteiger partial charge in [0.05, 0.1) is 7.05 Å². The molecule has 1 N–H and O–H groups in total. The van der Waals surface area contributed by atoms with Crippen molar-refractivity contribution in [2.45, 2.75) is 19.8 Å². The molecular weight excluding hydrogens is 268 g/mol. The monoisotopic (exact) mass is 280 g/mol. The number of nitrogens with zero attached hydrogens (tertiary/aromatic N) is 5. The second-order valence-electron chi connectivity index (χ2n) is 4.31. The smallest absolute Gasteiger partial charge is 0.270 e. The third kappa shape index (κ3) is 3.25. The van der Waals surface area contributed by atoms with Gasteiger partial charge in [0, 0.05) is 11.3 Å². The van der Waals surface area contributed by atoms with Crippen LogP contribution in [-0.4, -0.2) is 31.1 Å². The van der Waals surface area contributed by atoms with Crippen LogP contribution in [0.5, 0.6) is 0 Å². The molecule has 0 fully saturated rings. The Labute approximate surface area is 115 Å². The molecule has 0 unspecified atom stereocenters. The second kappa shape index (κ2) is 5.31. The number of hydrogen-bond acceptors (Lipinski definition) is 5. The predicted molar refractivity (Wildman–Crippen MR) is 70.1 cm³/mol. The van der Waals surface area contributed by atoms with Gasteiger partial charge in [0.1, 0.15) is 5.15 Å². The van der Waals surface area contributed by atoms with Crippen molar-refractivity contribution < 1.29 is 4.79 Å². The van der Waals surface area contributed by atoms with Gasteiger partial charge < -0.3 is 0 Å². The van der Waals surface area contributed by atoms with Crippen LogP contribution in [0.4, 0.5) is 5.95 Å². The van der Waals surface area contributed by atoms with Crippen LogP contribution >= 0.6 is 11.6 Å². The van der Waals surface area contributed by atoms with Crippen molar-refractivity contribution in [3.63, 3.8) is 0 Å². The summed E-state index contributed by atoms with van der Waals surface area (Å²) in [7, 11) is 1.61. The van der Waals surface area contributed by atoms with Crippen molar-refractivity contribution in [2.24, 2.45) is 7.05 Å². The summed E-state index contributed by atoms with van der Waals surface area (Å²) in [5.74, 6) is -0.0226. The van der Waals surface area contributed by atoms with Crippen LogP contribution in [0.15, 0.2) is 12.1 Å². The first-order chi connectivity index (χ1) is 8.95. The number of carbonyl (C=O) groups excluding carboxylic acids is 1. The van der Waals surface area contributed by atoms with E-state index in [1.54, 1.807) is 13.1 Å². The lowest BCUT2D eigenvalue weighted by atomic mass is 10.1. The Hall–Kier alpha value is -2.02. The molecule has 1 amide bonds. The molecule has 2 rings (SSSR count). The summed E-state index contributed by atoms with van der Waals surface area (Å²) in [6.45, 7) is 3.95. The molecule has 0 aliphatic rings. The van der Waals surface area contributed by atoms with Crippen molar-refractivity contribution in [1.82, 2.24) is 25.2 Å². The standard InChI is InChI=1S/C11H13ClN6O/c1-6(2)8-4-7(5-9(12)13-8)10(19)14-11-15-17-18(3)16-11/h4-6H,1-3H3,(H,14,16,19). The van der Waals surface area contributed by atoms with Gasteiger partial charge in [0.25, 0.3) is 11.9 Å². The van der Waals surface area contributed by atoms with Gasteiger partial charge in [-0.1, -0.05) is 30.5 Å². The molecule has 0 atom stereocenters. The van der Waals surface area contributed by atoms with Crippen LogP contribution in [0.2, 0.25) is 5.15 Å². The summed E-state index contributed by atoms with van der Waals surface area (Å²) in [5, 5.41) is 14.0. The van der Waals surface area contributed by atoms with Crippen molar-refractivity contribution in [3.05, 3.63) is 28.5 Å². The lowest BCUT2D eigenvalue weighted by molar-refractivity contribution is 0.102. The minimum atomic E-state index is -0.348. The Bertz CT molecular complexity index is 609. The van der Waals surface area contributed by atoms with E-state index in [1.165, 1.54) is 10.9 Å². The Morgan fingerprint density at radius 2 is 2.16 bits per heavy atom. The molecule has 0 bridgehead atoms. The van der Waals surface area contributed by atoms with Gasteiger partial charge in [0.2, 0.25) is 0 Å². The molecule has 0 aliphatic heterocycles. The number of carbonyl (C=O) groups is 1. The maximum absolute atomic E-state index is 12.0. The first-order valence-electron chi connectivity index (χ1n) is 5.68. The highest BCUT2D eigenvalue weighted by atomic mass is 35.5. The maximum Gasteiger partial charge on any atom is 0.270 e. The van der Waals surface area contributed by atoms with E-state index in [0.29, 0.717) is 5.56 Å². The highest BCUT2D eigenvalue weighted by Crippen LogP contribution is 2.18. The van der Waals surface area contributed by atoms with E-state index < -0.39 is 0 Å². The van der Waals surface area contributed by atoms with Crippen LogP contribution in [-0.2, 0) is 7.05 Å². The summed E-state index contributed by atoms with van der Waals surface area (Å²) in [6.07, 6.45) is 0. The molecule has 0 aromatic carbocycles. The van der Waals surface area contributed by atoms with Gasteiger partial charge in [-0.05, 0) is 23.3 Å². The fourth-order valence-electron chi connectivity index (χ4n) is 1.45. The quantitative estimate of drug-likeness (QED) is 0.864. The first kappa shape index (κ1) is 13.4. The molecule has 100 valence electrons. The number of hydrogen-bond donors (Lipinski definition) is 1. The molecule has 0 radical (unpaired) electrons. The average Bonchev–Trinajstić information content (AvgIpc) is 2.73. The zero-order valence-electron chi connectivity index (χ0n) is 10.8. The minimum absolute atomic E-state index is 0.145. The fourth-order valence-corrected chi connectivity index (χ4v) is 1.67. The molecule has 19 heavy (non-hydrogen) atoms. The van der Waals surface area contributed by atoms with Gasteiger partial charge in [-0.3, -0.25) is 10.1 Å². The zero-order chi connectivity index (χ0) is 14.0. The van der Waals surface area contributed by atoms with Crippen molar-refractivity contribution in [2.75, 3.05) is 5.32 Å². The largest absolute Gasteiger partial charge is 0.288 e. The minimum Gasteiger partial charge on any atom is -0.288 e. The molecule has 8 heteroatoms. The van der Waals surface area contributed by atoms with E-state index in [2.05, 4.69) is 25.7 Å². The van der Waals surface area contributed by atoms with Gasteiger partial charge in [-0.15, -0.1) is 5.10 Å². The zero-order valence-corrected chi connectivity index (χ0v) is 11.5. The van der Waals surface area contributed by atoms with E-state index in [0.717, 1.165) is 5.69 Å². The highest BCUT2D eigenvalue weighted by Gasteiger charge is 2.13. The molecule has 0 saturated carbocycles. The molecule has 0 spiro atoms. The normalized spacial score (nSPS) is 10.8. The third-order valence-corrected chi connectivity index (χ3v) is 2.59. The van der Waals surface area contributed by atoms with Crippen molar-refractivity contribution in [3.8, 4) is 0 Å². The van der Waals surface area contributed by atoms with Gasteiger partial charge in [0.15, 0.2) is 0 Å². The van der Waals surface area contributed by atoms with Crippen LogP contribution < -0.4 is 5.32 Å². The van der Waals surface area contributed by atoms with Crippen LogP contribution in [0.3, 0.4) is 0 Å². The Balaban J connectivity index is 2.23. The van der Waals surface area contributed by atoms with Crippen molar-refractivity contribution in [1.29, 1.82) is 0 Å². The van der Waals surface area contributed by atoms with Crippen molar-refractivity contribution >= 4 is 23.5 Å². The van der Waals surface area contributed by atoms with E-state index in [-0.39, 0.29) is 22.9 Å². The molecule has 0 aliphatic carbocycles. The van der Waals surface area contributed by atoms with Gasteiger partial charge >= 0.3 is 0 Å². The second-order valence-corrected chi connectivity index (χ2v) is 4.70. The molecular formula is C11H13ClN6O. The number of pyridine rings is 1. The Kier molecular flexibility index (Phi) is 3.75. The Morgan fingerprint density at radius 3 is 2.74 bits per heavy atom. The van der Waals surface area contributed by atoms with Crippen LogP contribution in [0.1, 0.15) is 35.8 Å². The lowest BCUT2D eigenvalue weighted by Crippen LogP contribution is -2.14. The number of rotatable bonds is 3. The van der Waals surface area contributed by atoms with E-state index in [1.807, 2.05) is 13.8 Å². The fraction of sp³-hybridized carbons (Fsp3) is 0.364. The lowest BCUT2D eigenvalue weighted by Gasteiger charge is -2.07. The molecule has 2 aromatic rings. The average molecular weight is 281 g/mol. The molecule has 0 saturated heterocycles. The van der Waals surface area contributed by atoms with Gasteiger partial charge in [-0.25, -0.2) is 4.98 Å². The summed E-state index contributed by atoms with van der Waals surface area (Å²) < 4.78 is 0. The topological polar surface area (TPSA) is 85.6 Å². The van der Waals surface area contributed by atoms with Crippen LogP contribution in [0, 0.1) is 0 Å². The molecule has 2 heterocycles. The highest BCUT2D eigenvalue weighted by molar-refractivity contribution is 6.29. The van der Waals surface area contributed by atoms with Gasteiger partial charge in [-0.2, -0.15) is 4.80 Å². The first-order valence-corrected chi connectivity index (χ1v) is 6.06. The number of aryl methyl sites for hydroxylation is 1. The number of halogens is 1. The van der Waals surface area contributed by atoms with E-state index in [4.69, 9.17) is 11.6 Å². The molecule has 2 aromatic heterocycles. The number of amides is 1. The number of aromatic nitrogens is 5. The van der Waals surface area contributed by atoms with E-state index in [9.17, 15) is 4.79 Å². The summed E-state index contributed by atoms with van der Waals surface area (Å²) in [5.41, 5.74) is 1.17. The van der Waals surface area contributed by atoms with Crippen LogP contribution in [0.25, 0.3) is 0 Å². The van der Waals surface area contributed by atoms with E-state index >= 15 is 0 Å². The number of nitrogens with one attached hydrogen (secondary N) is 1. The third-order valence-electron chi connectivity index (χ3n) is 2.40. The predicted octanol–water partition coefficient (Wildman–Crippen LogP) is 1.63. The summed E-state index contributed by atoms with van der Waals surface area (Å²) >= 11 is 5.91. The number of tetrazole rings is 1. The molecule has 7 nitrogen and oxygen atoms in total. The summed E-state index contributed by atoms with van der Waals surface area (Å²) in [6, 6.07) is 3.20. The number of anilines is 1. The Morgan fingerprint density at radius 1 is 1.42 bits per heavy atom. The maximum atomic E-state index is 12.0. The summed E-state index contributed by atoms with van der Waals surface area (Å²) in [4.78, 5) is 17.5. The SMILES string of the molecule is CC(C)c1cc(C(=O)Nc2nnn(C)n2)cc(Cl)n1.